The third-order valence-electron chi connectivity index (χ3n) is 5.17. The number of halogens is 1. The highest BCUT2D eigenvalue weighted by molar-refractivity contribution is 5.95. The van der Waals surface area contributed by atoms with Crippen molar-refractivity contribution in [1.29, 1.82) is 0 Å². The minimum Gasteiger partial charge on any atom is -0.370 e. The molecule has 2 aromatic rings. The SMILES string of the molecule is NC(=O)CCN(C(=O)CN1CCCC1Cc1ccccc1)c1ccc(F)cc1. The average molecular weight is 383 g/mol. The van der Waals surface area contributed by atoms with Gasteiger partial charge in [-0.25, -0.2) is 4.39 Å². The van der Waals surface area contributed by atoms with Crippen LogP contribution in [0.2, 0.25) is 0 Å². The smallest absolute Gasteiger partial charge is 0.241 e. The standard InChI is InChI=1S/C22H26FN3O2/c23-18-8-10-19(11-9-18)26(14-12-21(24)27)22(28)16-25-13-4-7-20(25)15-17-5-2-1-3-6-17/h1-3,5-6,8-11,20H,4,7,12-16H2,(H2,24,27). The molecule has 2 N–H and O–H groups in total. The number of likely N-dealkylation sites (tertiary alicyclic amines) is 1. The summed E-state index contributed by atoms with van der Waals surface area (Å²) < 4.78 is 13.3. The van der Waals surface area contributed by atoms with Crippen LogP contribution in [0.1, 0.15) is 24.8 Å². The molecule has 5 nitrogen and oxygen atoms in total. The minimum absolute atomic E-state index is 0.0660. The first-order valence-corrected chi connectivity index (χ1v) is 9.65. The quantitative estimate of drug-likeness (QED) is 0.762. The largest absolute Gasteiger partial charge is 0.370 e. The number of anilines is 1. The molecule has 2 amide bonds. The second kappa shape index (κ2) is 9.46. The van der Waals surface area contributed by atoms with E-state index in [1.165, 1.54) is 22.6 Å². The van der Waals surface area contributed by atoms with Gasteiger partial charge in [0.1, 0.15) is 5.82 Å². The third kappa shape index (κ3) is 5.39. The van der Waals surface area contributed by atoms with E-state index in [0.717, 1.165) is 25.8 Å². The molecule has 0 radical (unpaired) electrons. The summed E-state index contributed by atoms with van der Waals surface area (Å²) >= 11 is 0. The van der Waals surface area contributed by atoms with Crippen molar-refractivity contribution >= 4 is 17.5 Å². The number of carbonyl (C=O) groups is 2. The van der Waals surface area contributed by atoms with Crippen LogP contribution >= 0.6 is 0 Å². The van der Waals surface area contributed by atoms with Gasteiger partial charge in [-0.15, -0.1) is 0 Å². The fourth-order valence-corrected chi connectivity index (χ4v) is 3.72. The van der Waals surface area contributed by atoms with E-state index in [0.29, 0.717) is 11.7 Å². The highest BCUT2D eigenvalue weighted by Gasteiger charge is 2.28. The van der Waals surface area contributed by atoms with Gasteiger partial charge in [-0.05, 0) is 55.6 Å². The lowest BCUT2D eigenvalue weighted by Gasteiger charge is -2.28. The summed E-state index contributed by atoms with van der Waals surface area (Å²) in [6, 6.07) is 16.3. The Balaban J connectivity index is 1.69. The number of carbonyl (C=O) groups excluding carboxylic acids is 2. The number of primary amides is 1. The predicted octanol–water partition coefficient (Wildman–Crippen LogP) is 2.74. The summed E-state index contributed by atoms with van der Waals surface area (Å²) in [5, 5.41) is 0. The molecular weight excluding hydrogens is 357 g/mol. The summed E-state index contributed by atoms with van der Waals surface area (Å²) in [6.45, 7) is 1.33. The molecule has 1 heterocycles. The normalized spacial score (nSPS) is 16.8. The zero-order chi connectivity index (χ0) is 19.9. The first kappa shape index (κ1) is 20.0. The number of nitrogens with two attached hydrogens (primary N) is 1. The molecule has 1 unspecified atom stereocenters. The Morgan fingerprint density at radius 3 is 2.50 bits per heavy atom. The molecule has 148 valence electrons. The maximum atomic E-state index is 13.3. The van der Waals surface area contributed by atoms with Crippen LogP contribution in [0.25, 0.3) is 0 Å². The molecule has 0 spiro atoms. The van der Waals surface area contributed by atoms with Gasteiger partial charge >= 0.3 is 0 Å². The topological polar surface area (TPSA) is 66.6 Å². The lowest BCUT2D eigenvalue weighted by molar-refractivity contribution is -0.120. The van der Waals surface area contributed by atoms with Gasteiger partial charge in [0.05, 0.1) is 6.54 Å². The summed E-state index contributed by atoms with van der Waals surface area (Å²) in [5.41, 5.74) is 7.10. The lowest BCUT2D eigenvalue weighted by Crippen LogP contribution is -2.44. The van der Waals surface area contributed by atoms with Crippen molar-refractivity contribution in [3.05, 3.63) is 66.0 Å². The highest BCUT2D eigenvalue weighted by Crippen LogP contribution is 2.22. The van der Waals surface area contributed by atoms with Crippen molar-refractivity contribution in [1.82, 2.24) is 4.90 Å². The first-order valence-electron chi connectivity index (χ1n) is 9.65. The molecule has 1 saturated heterocycles. The molecular formula is C22H26FN3O2. The molecule has 0 aliphatic carbocycles. The molecule has 0 saturated carbocycles. The van der Waals surface area contributed by atoms with Gasteiger partial charge in [0.25, 0.3) is 0 Å². The Morgan fingerprint density at radius 1 is 1.11 bits per heavy atom. The van der Waals surface area contributed by atoms with Crippen LogP contribution in [0.15, 0.2) is 54.6 Å². The van der Waals surface area contributed by atoms with E-state index in [4.69, 9.17) is 5.73 Å². The molecule has 0 aromatic heterocycles. The Bertz CT molecular complexity index is 795. The molecule has 1 aliphatic heterocycles. The summed E-state index contributed by atoms with van der Waals surface area (Å²) in [7, 11) is 0. The van der Waals surface area contributed by atoms with Crippen molar-refractivity contribution in [2.45, 2.75) is 31.7 Å². The monoisotopic (exact) mass is 383 g/mol. The fraction of sp³-hybridized carbons (Fsp3) is 0.364. The molecule has 1 atom stereocenters. The molecule has 28 heavy (non-hydrogen) atoms. The second-order valence-electron chi connectivity index (χ2n) is 7.19. The fourth-order valence-electron chi connectivity index (χ4n) is 3.72. The van der Waals surface area contributed by atoms with Gasteiger partial charge in [0.15, 0.2) is 0 Å². The van der Waals surface area contributed by atoms with Crippen molar-refractivity contribution < 1.29 is 14.0 Å². The van der Waals surface area contributed by atoms with E-state index >= 15 is 0 Å². The molecule has 1 aliphatic rings. The van der Waals surface area contributed by atoms with Crippen LogP contribution in [0.4, 0.5) is 10.1 Å². The van der Waals surface area contributed by atoms with Gasteiger partial charge in [0, 0.05) is 24.7 Å². The van der Waals surface area contributed by atoms with Gasteiger partial charge in [-0.2, -0.15) is 0 Å². The maximum Gasteiger partial charge on any atom is 0.241 e. The Kier molecular flexibility index (Phi) is 6.76. The van der Waals surface area contributed by atoms with Gasteiger partial charge < -0.3 is 10.6 Å². The van der Waals surface area contributed by atoms with Crippen molar-refractivity contribution in [3.63, 3.8) is 0 Å². The van der Waals surface area contributed by atoms with E-state index < -0.39 is 5.91 Å². The van der Waals surface area contributed by atoms with Crippen molar-refractivity contribution in [3.8, 4) is 0 Å². The molecule has 0 bridgehead atoms. The second-order valence-corrected chi connectivity index (χ2v) is 7.19. The van der Waals surface area contributed by atoms with Gasteiger partial charge in [-0.1, -0.05) is 30.3 Å². The van der Waals surface area contributed by atoms with Crippen molar-refractivity contribution in [2.75, 3.05) is 24.5 Å². The van der Waals surface area contributed by atoms with Crippen LogP contribution in [0, 0.1) is 5.82 Å². The Labute approximate surface area is 164 Å². The van der Waals surface area contributed by atoms with E-state index in [2.05, 4.69) is 17.0 Å². The van der Waals surface area contributed by atoms with Gasteiger partial charge in [0.2, 0.25) is 11.8 Å². The summed E-state index contributed by atoms with van der Waals surface area (Å²) in [5.74, 6) is -0.940. The van der Waals surface area contributed by atoms with Crippen LogP contribution < -0.4 is 10.6 Å². The first-order chi connectivity index (χ1) is 13.5. The highest BCUT2D eigenvalue weighted by atomic mass is 19.1. The van der Waals surface area contributed by atoms with E-state index in [1.54, 1.807) is 12.1 Å². The van der Waals surface area contributed by atoms with Crippen molar-refractivity contribution in [2.24, 2.45) is 5.73 Å². The minimum atomic E-state index is -0.469. The Hall–Kier alpha value is -2.73. The van der Waals surface area contributed by atoms with Crippen LogP contribution in [-0.4, -0.2) is 42.4 Å². The number of hydrogen-bond donors (Lipinski definition) is 1. The van der Waals surface area contributed by atoms with E-state index in [1.807, 2.05) is 18.2 Å². The van der Waals surface area contributed by atoms with Crippen LogP contribution in [0.5, 0.6) is 0 Å². The van der Waals surface area contributed by atoms with E-state index in [-0.39, 0.29) is 31.2 Å². The van der Waals surface area contributed by atoms with E-state index in [9.17, 15) is 14.0 Å². The maximum absolute atomic E-state index is 13.3. The molecule has 1 fully saturated rings. The predicted molar refractivity (Wildman–Crippen MR) is 107 cm³/mol. The number of hydrogen-bond acceptors (Lipinski definition) is 3. The lowest BCUT2D eigenvalue weighted by atomic mass is 10.0. The van der Waals surface area contributed by atoms with Crippen LogP contribution in [-0.2, 0) is 16.0 Å². The third-order valence-corrected chi connectivity index (χ3v) is 5.17. The molecule has 6 heteroatoms. The molecule has 3 rings (SSSR count). The number of benzene rings is 2. The average Bonchev–Trinajstić information content (AvgIpc) is 3.10. The molecule has 2 aromatic carbocycles. The summed E-state index contributed by atoms with van der Waals surface area (Å²) in [4.78, 5) is 28.0. The van der Waals surface area contributed by atoms with Gasteiger partial charge in [-0.3, -0.25) is 14.5 Å². The number of nitrogens with zero attached hydrogens (tertiary/aromatic N) is 2. The zero-order valence-electron chi connectivity index (χ0n) is 15.9. The number of rotatable bonds is 8. The Morgan fingerprint density at radius 2 is 1.82 bits per heavy atom. The number of amides is 2. The van der Waals surface area contributed by atoms with Crippen LogP contribution in [0.3, 0.4) is 0 Å². The zero-order valence-corrected chi connectivity index (χ0v) is 15.9. The summed E-state index contributed by atoms with van der Waals surface area (Å²) in [6.07, 6.45) is 3.09.